The van der Waals surface area contributed by atoms with Crippen molar-refractivity contribution in [2.75, 3.05) is 13.2 Å². The Bertz CT molecular complexity index is 778. The molecule has 2 fully saturated rings. The van der Waals surface area contributed by atoms with Crippen LogP contribution in [0.1, 0.15) is 59.8 Å². The first-order valence-electron chi connectivity index (χ1n) is 11.2. The van der Waals surface area contributed by atoms with E-state index in [0.29, 0.717) is 11.8 Å². The van der Waals surface area contributed by atoms with E-state index >= 15 is 0 Å². The third kappa shape index (κ3) is 3.28. The maximum Gasteiger partial charge on any atom is 0.163 e. The molecule has 4 aliphatic rings. The summed E-state index contributed by atoms with van der Waals surface area (Å²) in [4.78, 5) is 12.6. The van der Waals surface area contributed by atoms with Gasteiger partial charge in [0.1, 0.15) is 0 Å². The Morgan fingerprint density at radius 2 is 2.10 bits per heavy atom. The molecule has 7 atom stereocenters. The Morgan fingerprint density at radius 1 is 1.34 bits per heavy atom. The van der Waals surface area contributed by atoms with Crippen molar-refractivity contribution < 1.29 is 19.7 Å². The SMILES string of the molecule is CC(=CC1CC(C)C2(CCC3(C)CC4C(C)=CC(=O)C4C(CO)=CCC32)O1)CO. The minimum Gasteiger partial charge on any atom is -0.392 e. The van der Waals surface area contributed by atoms with E-state index in [4.69, 9.17) is 4.74 Å². The van der Waals surface area contributed by atoms with Gasteiger partial charge in [0.2, 0.25) is 0 Å². The predicted octanol–water partition coefficient (Wildman–Crippen LogP) is 3.98. The molecule has 1 spiro atoms. The number of ether oxygens (including phenoxy) is 1. The lowest BCUT2D eigenvalue weighted by atomic mass is 9.62. The van der Waals surface area contributed by atoms with Crippen LogP contribution >= 0.6 is 0 Å². The molecule has 4 heteroatoms. The fraction of sp³-hybridized carbons (Fsp3) is 0.720. The smallest absolute Gasteiger partial charge is 0.163 e. The molecule has 0 bridgehead atoms. The molecule has 4 nitrogen and oxygen atoms in total. The number of ketones is 1. The number of hydrogen-bond donors (Lipinski definition) is 2. The van der Waals surface area contributed by atoms with Gasteiger partial charge in [-0.2, -0.15) is 0 Å². The van der Waals surface area contributed by atoms with E-state index in [2.05, 4.69) is 32.9 Å². The first-order chi connectivity index (χ1) is 13.7. The number of rotatable bonds is 3. The molecule has 1 saturated carbocycles. The molecule has 0 radical (unpaired) electrons. The molecule has 3 aliphatic carbocycles. The van der Waals surface area contributed by atoms with E-state index in [1.807, 2.05) is 6.92 Å². The average molecular weight is 401 g/mol. The van der Waals surface area contributed by atoms with Crippen LogP contribution in [0.25, 0.3) is 0 Å². The molecule has 1 heterocycles. The van der Waals surface area contributed by atoms with Gasteiger partial charge in [0.15, 0.2) is 5.78 Å². The normalized spacial score (nSPS) is 45.0. The summed E-state index contributed by atoms with van der Waals surface area (Å²) < 4.78 is 6.79. The number of carbonyl (C=O) groups excluding carboxylic acids is 1. The van der Waals surface area contributed by atoms with Crippen molar-refractivity contribution in [1.29, 1.82) is 0 Å². The molecule has 1 aliphatic heterocycles. The van der Waals surface area contributed by atoms with Crippen molar-refractivity contribution in [3.63, 3.8) is 0 Å². The van der Waals surface area contributed by atoms with Crippen molar-refractivity contribution in [3.8, 4) is 0 Å². The van der Waals surface area contributed by atoms with E-state index in [9.17, 15) is 15.0 Å². The second kappa shape index (κ2) is 7.47. The summed E-state index contributed by atoms with van der Waals surface area (Å²) in [6.07, 6.45) is 11.1. The van der Waals surface area contributed by atoms with Crippen LogP contribution in [0.3, 0.4) is 0 Å². The number of allylic oxidation sites excluding steroid dienone is 3. The van der Waals surface area contributed by atoms with Crippen LogP contribution in [0.2, 0.25) is 0 Å². The van der Waals surface area contributed by atoms with Gasteiger partial charge >= 0.3 is 0 Å². The highest BCUT2D eigenvalue weighted by molar-refractivity contribution is 5.97. The summed E-state index contributed by atoms with van der Waals surface area (Å²) in [6.45, 7) is 8.78. The summed E-state index contributed by atoms with van der Waals surface area (Å²) in [7, 11) is 0. The molecule has 0 aromatic heterocycles. The summed E-state index contributed by atoms with van der Waals surface area (Å²) in [5, 5.41) is 19.5. The van der Waals surface area contributed by atoms with Gasteiger partial charge in [0.25, 0.3) is 0 Å². The van der Waals surface area contributed by atoms with Crippen molar-refractivity contribution >= 4 is 5.78 Å². The standard InChI is InChI=1S/C25H36O4/c1-15(13-26)9-19-11-17(3)25(29-19)8-7-24(4)12-20-16(2)10-21(28)23(20)18(14-27)5-6-22(24)25/h5,9-10,17,19-20,22-23,26-27H,6-8,11-14H2,1-4H3. The van der Waals surface area contributed by atoms with Crippen LogP contribution in [0, 0.1) is 29.1 Å². The van der Waals surface area contributed by atoms with Gasteiger partial charge in [0.05, 0.1) is 30.8 Å². The van der Waals surface area contributed by atoms with Gasteiger partial charge in [-0.1, -0.05) is 31.6 Å². The Hall–Kier alpha value is -1.23. The molecule has 4 rings (SSSR count). The van der Waals surface area contributed by atoms with Gasteiger partial charge in [-0.3, -0.25) is 4.79 Å². The van der Waals surface area contributed by atoms with Crippen LogP contribution in [-0.2, 0) is 9.53 Å². The van der Waals surface area contributed by atoms with Crippen LogP contribution in [0.15, 0.2) is 34.9 Å². The van der Waals surface area contributed by atoms with Gasteiger partial charge in [-0.05, 0) is 86.3 Å². The fourth-order valence-electron chi connectivity index (χ4n) is 7.01. The van der Waals surface area contributed by atoms with Gasteiger partial charge < -0.3 is 14.9 Å². The quantitative estimate of drug-likeness (QED) is 0.703. The van der Waals surface area contributed by atoms with Crippen LogP contribution < -0.4 is 0 Å². The van der Waals surface area contributed by atoms with E-state index in [-0.39, 0.29) is 48.0 Å². The molecule has 0 aromatic rings. The monoisotopic (exact) mass is 400 g/mol. The van der Waals surface area contributed by atoms with E-state index in [0.717, 1.165) is 43.3 Å². The van der Waals surface area contributed by atoms with E-state index < -0.39 is 0 Å². The lowest BCUT2D eigenvalue weighted by molar-refractivity contribution is -0.118. The third-order valence-corrected chi connectivity index (χ3v) is 8.58. The van der Waals surface area contributed by atoms with Crippen molar-refractivity contribution in [1.82, 2.24) is 0 Å². The Balaban J connectivity index is 1.69. The maximum absolute atomic E-state index is 12.6. The zero-order valence-electron chi connectivity index (χ0n) is 18.3. The molecule has 160 valence electrons. The molecular formula is C25H36O4. The summed E-state index contributed by atoms with van der Waals surface area (Å²) >= 11 is 0. The molecule has 7 unspecified atom stereocenters. The van der Waals surface area contributed by atoms with Crippen molar-refractivity contribution in [2.24, 2.45) is 29.1 Å². The Labute approximate surface area is 174 Å². The molecule has 0 amide bonds. The van der Waals surface area contributed by atoms with E-state index in [1.54, 1.807) is 6.08 Å². The van der Waals surface area contributed by atoms with Crippen LogP contribution in [0.5, 0.6) is 0 Å². The summed E-state index contributed by atoms with van der Waals surface area (Å²) in [6, 6.07) is 0. The minimum atomic E-state index is -0.167. The third-order valence-electron chi connectivity index (χ3n) is 8.58. The highest BCUT2D eigenvalue weighted by Crippen LogP contribution is 2.63. The van der Waals surface area contributed by atoms with Gasteiger partial charge in [-0.15, -0.1) is 0 Å². The van der Waals surface area contributed by atoms with Crippen molar-refractivity contribution in [3.05, 3.63) is 34.9 Å². The maximum atomic E-state index is 12.6. The number of hydrogen-bond acceptors (Lipinski definition) is 4. The highest BCUT2D eigenvalue weighted by Gasteiger charge is 2.61. The first-order valence-corrected chi connectivity index (χ1v) is 11.2. The number of aliphatic hydroxyl groups excluding tert-OH is 2. The molecule has 2 N–H and O–H groups in total. The van der Waals surface area contributed by atoms with Crippen molar-refractivity contribution in [2.45, 2.75) is 71.5 Å². The average Bonchev–Trinajstić information content (AvgIpc) is 3.22. The number of aliphatic hydroxyl groups is 2. The largest absolute Gasteiger partial charge is 0.392 e. The van der Waals surface area contributed by atoms with Crippen LogP contribution in [0.4, 0.5) is 0 Å². The number of carbonyl (C=O) groups is 1. The Kier molecular flexibility index (Phi) is 5.42. The zero-order valence-corrected chi connectivity index (χ0v) is 18.3. The summed E-state index contributed by atoms with van der Waals surface area (Å²) in [5.41, 5.74) is 3.00. The second-order valence-electron chi connectivity index (χ2n) is 10.4. The lowest BCUT2D eigenvalue weighted by Crippen LogP contribution is -2.44. The van der Waals surface area contributed by atoms with Gasteiger partial charge in [0, 0.05) is 0 Å². The highest BCUT2D eigenvalue weighted by atomic mass is 16.5. The molecular weight excluding hydrogens is 364 g/mol. The zero-order chi connectivity index (χ0) is 21.0. The first kappa shape index (κ1) is 21.0. The Morgan fingerprint density at radius 3 is 2.79 bits per heavy atom. The second-order valence-corrected chi connectivity index (χ2v) is 10.4. The molecule has 0 aromatic carbocycles. The topological polar surface area (TPSA) is 66.8 Å². The van der Waals surface area contributed by atoms with Gasteiger partial charge in [-0.25, -0.2) is 0 Å². The predicted molar refractivity (Wildman–Crippen MR) is 113 cm³/mol. The molecule has 1 saturated heterocycles. The fourth-order valence-corrected chi connectivity index (χ4v) is 7.01. The number of fused-ring (bicyclic) bond motifs is 3. The van der Waals surface area contributed by atoms with Crippen LogP contribution in [-0.4, -0.2) is 40.9 Å². The van der Waals surface area contributed by atoms with E-state index in [1.165, 1.54) is 5.57 Å². The minimum absolute atomic E-state index is 0.0398. The summed E-state index contributed by atoms with van der Waals surface area (Å²) in [5.74, 6) is 1.03. The lowest BCUT2D eigenvalue weighted by Gasteiger charge is -2.44. The molecule has 29 heavy (non-hydrogen) atoms.